The highest BCUT2D eigenvalue weighted by atomic mass is 32.1. The van der Waals surface area contributed by atoms with Crippen molar-refractivity contribution in [3.63, 3.8) is 0 Å². The third kappa shape index (κ3) is 8.12. The minimum absolute atomic E-state index is 0.0347. The highest BCUT2D eigenvalue weighted by Gasteiger charge is 2.60. The summed E-state index contributed by atoms with van der Waals surface area (Å²) in [5, 5.41) is 6.53. The highest BCUT2D eigenvalue weighted by molar-refractivity contribution is 7.12. The van der Waals surface area contributed by atoms with E-state index in [1.54, 1.807) is 23.6 Å². The number of carbonyl (C=O) groups is 4. The lowest BCUT2D eigenvalue weighted by Crippen LogP contribution is -2.53. The van der Waals surface area contributed by atoms with E-state index in [2.05, 4.69) is 51.6 Å². The second-order valence-corrected chi connectivity index (χ2v) is 21.8. The van der Waals surface area contributed by atoms with E-state index < -0.39 is 36.3 Å². The lowest BCUT2D eigenvalue weighted by atomic mass is 9.95. The number of benzene rings is 2. The summed E-state index contributed by atoms with van der Waals surface area (Å²) in [4.78, 5) is 68.6. The van der Waals surface area contributed by atoms with E-state index in [0.717, 1.165) is 75.3 Å². The Kier molecular flexibility index (Phi) is 11.6. The van der Waals surface area contributed by atoms with E-state index in [4.69, 9.17) is 28.9 Å². The van der Waals surface area contributed by atoms with Crippen LogP contribution in [0.15, 0.2) is 70.9 Å². The molecular formula is C54H58FN7O8S. The van der Waals surface area contributed by atoms with Crippen molar-refractivity contribution in [1.82, 2.24) is 25.0 Å². The average molecular weight is 984 g/mol. The maximum absolute atomic E-state index is 17.0. The smallest absolute Gasteiger partial charge is 0.407 e. The maximum Gasteiger partial charge on any atom is 0.407 e. The molecule has 0 spiro atoms. The molecule has 3 saturated heterocycles. The van der Waals surface area contributed by atoms with Crippen LogP contribution in [0.1, 0.15) is 98.2 Å². The molecule has 4 amide bonds. The van der Waals surface area contributed by atoms with E-state index in [-0.39, 0.29) is 47.6 Å². The molecule has 7 atom stereocenters. The van der Waals surface area contributed by atoms with Crippen LogP contribution in [-0.2, 0) is 23.8 Å². The van der Waals surface area contributed by atoms with E-state index in [1.165, 1.54) is 31.9 Å². The van der Waals surface area contributed by atoms with Gasteiger partial charge < -0.3 is 39.4 Å². The van der Waals surface area contributed by atoms with Crippen molar-refractivity contribution in [3.05, 3.63) is 87.6 Å². The van der Waals surface area contributed by atoms with Crippen LogP contribution in [0, 0.1) is 29.5 Å². The number of ether oxygens (including phenoxy) is 4. The summed E-state index contributed by atoms with van der Waals surface area (Å²) in [5.74, 6) is 0.779. The third-order valence-electron chi connectivity index (χ3n) is 16.1. The van der Waals surface area contributed by atoms with Crippen molar-refractivity contribution in [2.75, 3.05) is 40.5 Å². The second kappa shape index (κ2) is 18.1. The summed E-state index contributed by atoms with van der Waals surface area (Å²) in [5.41, 5.74) is 7.35. The van der Waals surface area contributed by atoms with Gasteiger partial charge in [-0.15, -0.1) is 11.3 Å². The number of likely N-dealkylation sites (tertiary alicyclic amines) is 2. The first-order chi connectivity index (χ1) is 34.5. The molecule has 6 aliphatic heterocycles. The molecule has 5 fully saturated rings. The molecule has 8 aliphatic rings. The monoisotopic (exact) mass is 983 g/mol. The minimum atomic E-state index is -0.738. The molecule has 370 valence electrons. The Labute approximate surface area is 415 Å². The number of rotatable bonds is 12. The van der Waals surface area contributed by atoms with Crippen molar-refractivity contribution in [3.8, 4) is 17.0 Å². The molecule has 2 saturated carbocycles. The molecule has 4 aromatic rings. The Morgan fingerprint density at radius 3 is 2.08 bits per heavy atom. The van der Waals surface area contributed by atoms with Crippen LogP contribution in [-0.4, -0.2) is 114 Å². The fourth-order valence-electron chi connectivity index (χ4n) is 12.2. The van der Waals surface area contributed by atoms with E-state index in [1.807, 2.05) is 35.9 Å². The topological polar surface area (TPSA) is 165 Å². The Morgan fingerprint density at radius 2 is 1.42 bits per heavy atom. The number of carbonyl (C=O) groups excluding carboxylic acids is 4. The number of amides is 4. The number of thiophene rings is 1. The number of nitrogens with one attached hydrogen (secondary N) is 2. The minimum Gasteiger partial charge on any atom is -0.464 e. The van der Waals surface area contributed by atoms with Crippen LogP contribution < -0.4 is 15.4 Å². The molecule has 2 aliphatic carbocycles. The normalized spacial score (nSPS) is 25.9. The van der Waals surface area contributed by atoms with Gasteiger partial charge in [0.15, 0.2) is 0 Å². The first-order valence-electron chi connectivity index (χ1n) is 25.1. The molecule has 0 bridgehead atoms. The van der Waals surface area contributed by atoms with Crippen LogP contribution in [0.5, 0.6) is 5.75 Å². The van der Waals surface area contributed by atoms with E-state index in [9.17, 15) is 19.2 Å². The molecule has 2 N–H and O–H groups in total. The zero-order valence-corrected chi connectivity index (χ0v) is 41.1. The average Bonchev–Trinajstić information content (AvgIpc) is 3.99. The summed E-state index contributed by atoms with van der Waals surface area (Å²) >= 11 is 1.76. The quantitative estimate of drug-likeness (QED) is 0.142. The number of allylic oxidation sites excluding steroid dienone is 2. The summed E-state index contributed by atoms with van der Waals surface area (Å²) in [6, 6.07) is 14.4. The highest BCUT2D eigenvalue weighted by Crippen LogP contribution is 2.54. The van der Waals surface area contributed by atoms with Crippen LogP contribution in [0.4, 0.5) is 14.0 Å². The summed E-state index contributed by atoms with van der Waals surface area (Å²) < 4.78 is 41.5. The largest absolute Gasteiger partial charge is 0.464 e. The number of fused-ring (bicyclic) bond motifs is 6. The summed E-state index contributed by atoms with van der Waals surface area (Å²) in [7, 11) is 2.60. The van der Waals surface area contributed by atoms with Gasteiger partial charge in [0.05, 0.1) is 61.2 Å². The molecule has 71 heavy (non-hydrogen) atoms. The first kappa shape index (κ1) is 45.8. The number of hydrogen-bond acceptors (Lipinski definition) is 11. The Morgan fingerprint density at radius 1 is 0.775 bits per heavy atom. The molecule has 12 rings (SSSR count). The zero-order valence-electron chi connectivity index (χ0n) is 40.3. The Balaban J connectivity index is 0.801. The Bertz CT molecular complexity index is 3000. The van der Waals surface area contributed by atoms with Gasteiger partial charge in [-0.1, -0.05) is 19.9 Å². The van der Waals surface area contributed by atoms with Gasteiger partial charge in [0.2, 0.25) is 18.0 Å². The Hall–Kier alpha value is -6.33. The fourth-order valence-corrected chi connectivity index (χ4v) is 13.4. The molecule has 0 radical (unpaired) electrons. The van der Waals surface area contributed by atoms with Gasteiger partial charge in [-0.3, -0.25) is 24.1 Å². The zero-order chi connectivity index (χ0) is 48.8. The SMILES string of the molecule is COC(=O)NC(C(=O)N1CCC[C@H]1C1=NC=C(c2ccc3c(c2)cc2n3C(c3ccc(C4CC4)s3)Oc3cc(C4=CN=C([C@@H]5CCCN5C(=O)[C@@H](NC(=O)OC)C(C)C)C4)cc(F)c3-2)C1)C1C2COCC21. The van der Waals surface area contributed by atoms with Gasteiger partial charge in [0, 0.05) is 60.0 Å². The van der Waals surface area contributed by atoms with Crippen molar-refractivity contribution < 1.29 is 42.5 Å². The number of halogens is 1. The molecule has 8 heterocycles. The maximum atomic E-state index is 17.0. The van der Waals surface area contributed by atoms with E-state index in [0.29, 0.717) is 61.9 Å². The standard InChI is InChI=1S/C54H58FN7O8S/c1-27(2)48(58-53(65)67-3)50(63)60-15-5-7-40(60)38-20-33(24-57-38)30-18-36(55)47-42-21-31-17-29(11-12-39(31)62(42)52(70-43(47)22-30)45-14-13-44(71-45)28-9-10-28)32-19-37(56-23-32)41-8-6-16-61(41)51(64)49(59-54(66)68-4)46-34-25-69-26-35(34)46/h11-14,17-18,21-24,27-28,34-35,40-41,46,48-49,52H,5-10,15-16,19-20,25-26H2,1-4H3,(H,58,65)(H,59,66)/t34?,35?,40-,41-,46?,48-,49?,52?/m0/s1. The molecule has 4 unspecified atom stereocenters. The molecule has 15 nitrogen and oxygen atoms in total. The number of aromatic nitrogens is 1. The lowest BCUT2D eigenvalue weighted by molar-refractivity contribution is -0.134. The predicted octanol–water partition coefficient (Wildman–Crippen LogP) is 8.68. The van der Waals surface area contributed by atoms with Crippen LogP contribution in [0.25, 0.3) is 33.3 Å². The molecule has 2 aromatic carbocycles. The van der Waals surface area contributed by atoms with Gasteiger partial charge in [0.1, 0.15) is 23.7 Å². The van der Waals surface area contributed by atoms with Crippen molar-refractivity contribution >= 4 is 68.8 Å². The fraction of sp³-hybridized carbons (Fsp3) is 0.481. The predicted molar refractivity (Wildman–Crippen MR) is 267 cm³/mol. The van der Waals surface area contributed by atoms with Gasteiger partial charge in [-0.05, 0) is 133 Å². The summed E-state index contributed by atoms with van der Waals surface area (Å²) in [6.07, 6.45) is 8.49. The van der Waals surface area contributed by atoms with Gasteiger partial charge in [-0.2, -0.15) is 0 Å². The van der Waals surface area contributed by atoms with Crippen LogP contribution in [0.3, 0.4) is 0 Å². The van der Waals surface area contributed by atoms with Crippen LogP contribution in [0.2, 0.25) is 0 Å². The molecule has 2 aromatic heterocycles. The number of nitrogens with zero attached hydrogens (tertiary/aromatic N) is 5. The van der Waals surface area contributed by atoms with Crippen molar-refractivity contribution in [1.29, 1.82) is 0 Å². The number of hydrogen-bond donors (Lipinski definition) is 2. The third-order valence-corrected chi connectivity index (χ3v) is 17.4. The number of methoxy groups -OCH3 is 2. The van der Waals surface area contributed by atoms with Crippen molar-refractivity contribution in [2.45, 2.75) is 102 Å². The lowest BCUT2D eigenvalue weighted by Gasteiger charge is -2.31. The van der Waals surface area contributed by atoms with Crippen molar-refractivity contribution in [2.24, 2.45) is 33.7 Å². The van der Waals surface area contributed by atoms with Gasteiger partial charge in [-0.25, -0.2) is 14.0 Å². The number of alkyl carbamates (subject to hydrolysis) is 2. The second-order valence-electron chi connectivity index (χ2n) is 20.7. The summed E-state index contributed by atoms with van der Waals surface area (Å²) in [6.45, 7) is 6.15. The van der Waals surface area contributed by atoms with Gasteiger partial charge >= 0.3 is 12.2 Å². The van der Waals surface area contributed by atoms with Gasteiger partial charge in [0.25, 0.3) is 0 Å². The van der Waals surface area contributed by atoms with E-state index >= 15 is 4.39 Å². The molecular weight excluding hydrogens is 926 g/mol. The number of aliphatic imine (C=N–C) groups is 2. The first-order valence-corrected chi connectivity index (χ1v) is 25.9. The van der Waals surface area contributed by atoms with Crippen LogP contribution >= 0.6 is 11.3 Å². The molecule has 17 heteroatoms.